The number of imide groups is 1. The largest absolute Gasteiger partial charge is 0.352 e. The topological polar surface area (TPSA) is 184 Å². The number of rotatable bonds is 9. The van der Waals surface area contributed by atoms with Crippen LogP contribution < -0.4 is 21.6 Å². The first kappa shape index (κ1) is 49.0. The number of likely N-dealkylation sites (tertiary alicyclic amines) is 2. The standard InChI is InChI=1S/C55H57Cl2FN8O7/c1-63-44-28-34(12-19-42(44)66(53(63)72)43-20-21-45(67)65(51(43)70)30-31-8-14-37(62-73)15-9-31)32-22-26-64(27-23-32)50(69)33-10-16-36(17-11-33)59-49(68)48-46(38-6-5-7-40(57)47(38)58)55(54(61-48)24-3-2-4-25-54)39-18-13-35(56)29-41(39)60-52(55)71/h5-9,12-15,18-19,28-29,32-33,36,43,46,48,61H,2-4,10-11,16-17,20-27,30H2,1H3,(H,59,68)(H,60,71)/t33?,36?,43?,46-,48+,55+/m0/s1. The molecular formula is C55H57Cl2FN8O7. The Hall–Kier alpha value is -6.23. The highest BCUT2D eigenvalue weighted by molar-refractivity contribution is 6.31. The fraction of sp³-hybridized carbons (Fsp3) is 0.455. The summed E-state index contributed by atoms with van der Waals surface area (Å²) in [6.45, 7) is 1.17. The Morgan fingerprint density at radius 2 is 1.59 bits per heavy atom. The molecule has 73 heavy (non-hydrogen) atoms. The molecule has 1 unspecified atom stereocenters. The third-order valence-corrected chi connectivity index (χ3v) is 17.8. The Labute approximate surface area is 431 Å². The fourth-order valence-electron chi connectivity index (χ4n) is 13.7. The highest BCUT2D eigenvalue weighted by Gasteiger charge is 2.72. The van der Waals surface area contributed by atoms with Crippen molar-refractivity contribution in [2.45, 2.75) is 131 Å². The average Bonchev–Trinajstić information content (AvgIpc) is 3.96. The number of nitroso groups, excluding NO2 is 1. The average molecular weight is 1030 g/mol. The lowest BCUT2D eigenvalue weighted by atomic mass is 9.55. The van der Waals surface area contributed by atoms with Crippen molar-refractivity contribution in [2.24, 2.45) is 18.1 Å². The first-order valence-corrected chi connectivity index (χ1v) is 26.4. The van der Waals surface area contributed by atoms with Crippen molar-refractivity contribution in [3.63, 3.8) is 0 Å². The molecule has 18 heteroatoms. The minimum atomic E-state index is -1.33. The van der Waals surface area contributed by atoms with Gasteiger partial charge in [-0.25, -0.2) is 9.18 Å². The second-order valence-corrected chi connectivity index (χ2v) is 21.9. The zero-order chi connectivity index (χ0) is 50.9. The lowest BCUT2D eigenvalue weighted by molar-refractivity contribution is -0.152. The van der Waals surface area contributed by atoms with Gasteiger partial charge in [-0.05, 0) is 134 Å². The monoisotopic (exact) mass is 1030 g/mol. The SMILES string of the molecule is Cn1c(=O)n(C2CCC(=O)N(Cc3ccc(N=O)cc3)C2=O)c2ccc(C3CCN(C(=O)C4CCC(NC(=O)[C@@H]5NC6(CCCCC6)[C@@]6(C(=O)Nc7cc(Cl)ccc76)[C@H]5c5cccc(Cl)c5F)CC4)CC3)cc21. The molecule has 1 aromatic heterocycles. The molecule has 6 aliphatic rings. The molecule has 5 heterocycles. The van der Waals surface area contributed by atoms with Gasteiger partial charge in [-0.15, -0.1) is 4.91 Å². The predicted molar refractivity (Wildman–Crippen MR) is 274 cm³/mol. The van der Waals surface area contributed by atoms with E-state index >= 15 is 4.39 Å². The Balaban J connectivity index is 0.743. The summed E-state index contributed by atoms with van der Waals surface area (Å²) in [6.07, 6.45) is 8.06. The minimum absolute atomic E-state index is 0.0182. The van der Waals surface area contributed by atoms with Crippen LogP contribution in [0.15, 0.2) is 88.8 Å². The number of nitrogens with zero attached hydrogens (tertiary/aromatic N) is 5. The van der Waals surface area contributed by atoms with Gasteiger partial charge in [0.1, 0.15) is 23.0 Å². The fourth-order valence-corrected chi connectivity index (χ4v) is 14.0. The molecule has 11 rings (SSSR count). The highest BCUT2D eigenvalue weighted by atomic mass is 35.5. The Bertz CT molecular complexity index is 3140. The van der Waals surface area contributed by atoms with E-state index < -0.39 is 40.7 Å². The number of benzene rings is 4. The zero-order valence-electron chi connectivity index (χ0n) is 40.5. The van der Waals surface area contributed by atoms with Gasteiger partial charge in [0, 0.05) is 60.7 Å². The van der Waals surface area contributed by atoms with Crippen LogP contribution in [0.5, 0.6) is 0 Å². The maximum atomic E-state index is 16.4. The van der Waals surface area contributed by atoms with Crippen LogP contribution in [0.4, 0.5) is 15.8 Å². The van der Waals surface area contributed by atoms with E-state index in [2.05, 4.69) is 21.1 Å². The molecule has 5 amide bonds. The smallest absolute Gasteiger partial charge is 0.329 e. The normalized spacial score (nSPS) is 26.1. The first-order valence-electron chi connectivity index (χ1n) is 25.6. The summed E-state index contributed by atoms with van der Waals surface area (Å²) in [7, 11) is 1.68. The summed E-state index contributed by atoms with van der Waals surface area (Å²) < 4.78 is 19.5. The molecule has 0 bridgehead atoms. The highest BCUT2D eigenvalue weighted by Crippen LogP contribution is 2.63. The van der Waals surface area contributed by atoms with Gasteiger partial charge in [0.05, 0.1) is 28.6 Å². The third kappa shape index (κ3) is 8.18. The number of hydrogen-bond acceptors (Lipinski definition) is 9. The maximum Gasteiger partial charge on any atom is 0.329 e. The number of aryl methyl sites for hydroxylation is 1. The van der Waals surface area contributed by atoms with Gasteiger partial charge in [-0.2, -0.15) is 0 Å². The van der Waals surface area contributed by atoms with Gasteiger partial charge in [0.25, 0.3) is 5.91 Å². The number of carbonyl (C=O) groups is 5. The van der Waals surface area contributed by atoms with Crippen LogP contribution in [0.1, 0.15) is 124 Å². The maximum absolute atomic E-state index is 16.4. The van der Waals surface area contributed by atoms with E-state index in [1.54, 1.807) is 48.0 Å². The summed E-state index contributed by atoms with van der Waals surface area (Å²) >= 11 is 12.9. The number of imidazole rings is 1. The molecule has 4 aliphatic heterocycles. The van der Waals surface area contributed by atoms with Crippen molar-refractivity contribution in [3.05, 3.63) is 132 Å². The van der Waals surface area contributed by atoms with Crippen molar-refractivity contribution in [3.8, 4) is 0 Å². The molecule has 2 aliphatic carbocycles. The van der Waals surface area contributed by atoms with Crippen LogP contribution in [0.2, 0.25) is 10.0 Å². The molecule has 15 nitrogen and oxygen atoms in total. The second-order valence-electron chi connectivity index (χ2n) is 21.1. The summed E-state index contributed by atoms with van der Waals surface area (Å²) in [6, 6.07) is 20.3. The number of amides is 5. The van der Waals surface area contributed by atoms with Crippen molar-refractivity contribution >= 4 is 75.1 Å². The van der Waals surface area contributed by atoms with Gasteiger partial charge in [-0.1, -0.05) is 78.9 Å². The van der Waals surface area contributed by atoms with E-state index in [1.165, 1.54) is 27.7 Å². The van der Waals surface area contributed by atoms with Crippen molar-refractivity contribution in [2.75, 3.05) is 18.4 Å². The van der Waals surface area contributed by atoms with Gasteiger partial charge in [0.2, 0.25) is 23.6 Å². The van der Waals surface area contributed by atoms with Crippen LogP contribution in [0.3, 0.4) is 0 Å². The number of hydrogen-bond donors (Lipinski definition) is 3. The molecule has 2 spiro atoms. The summed E-state index contributed by atoms with van der Waals surface area (Å²) in [4.78, 5) is 98.4. The molecule has 380 valence electrons. The van der Waals surface area contributed by atoms with Crippen LogP contribution in [0, 0.1) is 16.6 Å². The molecule has 4 aromatic carbocycles. The zero-order valence-corrected chi connectivity index (χ0v) is 42.0. The van der Waals surface area contributed by atoms with Crippen LogP contribution in [0.25, 0.3) is 11.0 Å². The van der Waals surface area contributed by atoms with Gasteiger partial charge >= 0.3 is 5.69 Å². The molecule has 3 saturated heterocycles. The van der Waals surface area contributed by atoms with E-state index in [9.17, 15) is 33.7 Å². The van der Waals surface area contributed by atoms with E-state index in [1.807, 2.05) is 29.2 Å². The van der Waals surface area contributed by atoms with Crippen LogP contribution in [-0.2, 0) is 43.0 Å². The Morgan fingerprint density at radius 1 is 0.849 bits per heavy atom. The number of aromatic nitrogens is 2. The van der Waals surface area contributed by atoms with Crippen molar-refractivity contribution < 1.29 is 28.4 Å². The third-order valence-electron chi connectivity index (χ3n) is 17.3. The lowest BCUT2D eigenvalue weighted by Gasteiger charge is -2.47. The Kier molecular flexibility index (Phi) is 12.9. The molecular weight excluding hydrogens is 975 g/mol. The van der Waals surface area contributed by atoms with Crippen molar-refractivity contribution in [1.29, 1.82) is 0 Å². The molecule has 4 atom stereocenters. The van der Waals surface area contributed by atoms with E-state index in [0.29, 0.717) is 84.5 Å². The van der Waals surface area contributed by atoms with E-state index in [4.69, 9.17) is 23.2 Å². The number of halogens is 3. The van der Waals surface area contributed by atoms with Crippen LogP contribution in [-0.4, -0.2) is 79.2 Å². The molecule has 5 fully saturated rings. The molecule has 5 aromatic rings. The van der Waals surface area contributed by atoms with E-state index in [0.717, 1.165) is 37.7 Å². The number of piperidine rings is 2. The number of nitrogens with one attached hydrogen (secondary N) is 3. The summed E-state index contributed by atoms with van der Waals surface area (Å²) in [5.41, 5.74) is 2.18. The minimum Gasteiger partial charge on any atom is -0.352 e. The van der Waals surface area contributed by atoms with Crippen LogP contribution >= 0.6 is 23.2 Å². The number of carbonyl (C=O) groups excluding carboxylic acids is 5. The summed E-state index contributed by atoms with van der Waals surface area (Å²) in [5.74, 6) is -2.90. The van der Waals surface area contributed by atoms with Gasteiger partial charge in [0.15, 0.2) is 0 Å². The second kappa shape index (κ2) is 19.2. The molecule has 0 radical (unpaired) electrons. The first-order chi connectivity index (χ1) is 35.2. The van der Waals surface area contributed by atoms with Gasteiger partial charge in [-0.3, -0.25) is 43.3 Å². The lowest BCUT2D eigenvalue weighted by Crippen LogP contribution is -2.60. The summed E-state index contributed by atoms with van der Waals surface area (Å²) in [5, 5.41) is 13.4. The quantitative estimate of drug-likeness (QED) is 0.0967. The van der Waals surface area contributed by atoms with E-state index in [-0.39, 0.29) is 82.9 Å². The Morgan fingerprint density at radius 3 is 2.32 bits per heavy atom. The molecule has 2 saturated carbocycles. The van der Waals surface area contributed by atoms with Crippen molar-refractivity contribution in [1.82, 2.24) is 29.6 Å². The van der Waals surface area contributed by atoms with Gasteiger partial charge < -0.3 is 15.5 Å². The molecule has 3 N–H and O–H groups in total. The number of anilines is 1. The predicted octanol–water partition coefficient (Wildman–Crippen LogP) is 8.80. The number of fused-ring (bicyclic) bond motifs is 4.